The van der Waals surface area contributed by atoms with Gasteiger partial charge in [-0.25, -0.2) is 22.8 Å². The lowest BCUT2D eigenvalue weighted by atomic mass is 10.2. The molecule has 3 heterocycles. The van der Waals surface area contributed by atoms with Crippen LogP contribution in [0.15, 0.2) is 29.2 Å². The maximum Gasteiger partial charge on any atom is 0.246 e. The minimum Gasteiger partial charge on any atom is -0.353 e. The van der Waals surface area contributed by atoms with Crippen LogP contribution in [0.25, 0.3) is 10.2 Å². The second kappa shape index (κ2) is 7.06. The molecule has 6 nitrogen and oxygen atoms in total. The van der Waals surface area contributed by atoms with E-state index >= 15 is 0 Å². The Hall–Kier alpha value is -2.10. The number of aromatic nitrogens is 2. The van der Waals surface area contributed by atoms with Crippen molar-refractivity contribution in [3.8, 4) is 0 Å². The van der Waals surface area contributed by atoms with Crippen molar-refractivity contribution >= 4 is 37.4 Å². The highest BCUT2D eigenvalue weighted by molar-refractivity contribution is 7.89. The second-order valence-electron chi connectivity index (χ2n) is 6.88. The molecule has 0 atom stereocenters. The zero-order chi connectivity index (χ0) is 20.1. The van der Waals surface area contributed by atoms with Gasteiger partial charge in [-0.05, 0) is 38.5 Å². The van der Waals surface area contributed by atoms with E-state index in [2.05, 4.69) is 28.7 Å². The van der Waals surface area contributed by atoms with E-state index in [-0.39, 0.29) is 18.0 Å². The molecule has 1 aliphatic heterocycles. The van der Waals surface area contributed by atoms with Crippen molar-refractivity contribution in [2.24, 2.45) is 0 Å². The van der Waals surface area contributed by atoms with Crippen LogP contribution in [0.2, 0.25) is 0 Å². The molecule has 28 heavy (non-hydrogen) atoms. The van der Waals surface area contributed by atoms with Crippen LogP contribution in [0, 0.1) is 26.6 Å². The van der Waals surface area contributed by atoms with Crippen LogP contribution in [0.3, 0.4) is 0 Å². The summed E-state index contributed by atoms with van der Waals surface area (Å²) in [5.74, 6) is 0.833. The Morgan fingerprint density at radius 3 is 2.39 bits per heavy atom. The largest absolute Gasteiger partial charge is 0.353 e. The van der Waals surface area contributed by atoms with Gasteiger partial charge in [0, 0.05) is 31.1 Å². The summed E-state index contributed by atoms with van der Waals surface area (Å²) in [6.45, 7) is 7.55. The summed E-state index contributed by atoms with van der Waals surface area (Å²) in [6.07, 6.45) is 0. The molecule has 0 bridgehead atoms. The number of hydrogen-bond acceptors (Lipinski definition) is 6. The van der Waals surface area contributed by atoms with Crippen molar-refractivity contribution < 1.29 is 12.8 Å². The average Bonchev–Trinajstić information content (AvgIpc) is 2.95. The number of anilines is 1. The number of rotatable bonds is 3. The van der Waals surface area contributed by atoms with Crippen molar-refractivity contribution in [1.82, 2.24) is 14.3 Å². The van der Waals surface area contributed by atoms with Crippen molar-refractivity contribution in [3.05, 3.63) is 46.3 Å². The molecule has 0 amide bonds. The van der Waals surface area contributed by atoms with Crippen LogP contribution in [0.4, 0.5) is 10.2 Å². The lowest BCUT2D eigenvalue weighted by Crippen LogP contribution is -2.49. The highest BCUT2D eigenvalue weighted by Gasteiger charge is 2.31. The van der Waals surface area contributed by atoms with E-state index in [9.17, 15) is 12.8 Å². The molecule has 0 radical (unpaired) electrons. The average molecular weight is 421 g/mol. The number of thiophene rings is 1. The zero-order valence-corrected chi connectivity index (χ0v) is 17.6. The third-order valence-corrected chi connectivity index (χ3v) is 8.15. The van der Waals surface area contributed by atoms with Gasteiger partial charge < -0.3 is 4.90 Å². The van der Waals surface area contributed by atoms with E-state index in [1.54, 1.807) is 11.3 Å². The molecule has 148 valence electrons. The van der Waals surface area contributed by atoms with E-state index in [0.717, 1.165) is 21.6 Å². The van der Waals surface area contributed by atoms with Gasteiger partial charge in [0.1, 0.15) is 27.2 Å². The SMILES string of the molecule is Cc1nc(N2CCN(S(=O)(=O)c3ccccc3F)CC2)c2c(C)c(C)sc2n1. The van der Waals surface area contributed by atoms with Gasteiger partial charge in [0.2, 0.25) is 10.0 Å². The van der Waals surface area contributed by atoms with E-state index in [0.29, 0.717) is 18.9 Å². The third-order valence-electron chi connectivity index (χ3n) is 5.11. The number of halogens is 1. The van der Waals surface area contributed by atoms with Crippen LogP contribution < -0.4 is 4.90 Å². The van der Waals surface area contributed by atoms with Crippen molar-refractivity contribution in [1.29, 1.82) is 0 Å². The minimum atomic E-state index is -3.85. The van der Waals surface area contributed by atoms with Gasteiger partial charge in [0.25, 0.3) is 0 Å². The number of nitrogens with zero attached hydrogens (tertiary/aromatic N) is 4. The first kappa shape index (κ1) is 19.2. The molecule has 4 rings (SSSR count). The summed E-state index contributed by atoms with van der Waals surface area (Å²) >= 11 is 1.65. The Balaban J connectivity index is 1.62. The molecule has 0 spiro atoms. The first-order chi connectivity index (χ1) is 13.3. The number of piperazine rings is 1. The van der Waals surface area contributed by atoms with Gasteiger partial charge in [-0.15, -0.1) is 11.3 Å². The molecule has 0 N–H and O–H groups in total. The lowest BCUT2D eigenvalue weighted by molar-refractivity contribution is 0.381. The summed E-state index contributed by atoms with van der Waals surface area (Å²) in [5.41, 5.74) is 1.16. The Labute approximate surface area is 167 Å². The molecule has 1 fully saturated rings. The molecule has 1 aliphatic rings. The molecule has 1 saturated heterocycles. The Bertz CT molecular complexity index is 1150. The van der Waals surface area contributed by atoms with Crippen LogP contribution in [0.1, 0.15) is 16.3 Å². The summed E-state index contributed by atoms with van der Waals surface area (Å²) in [6, 6.07) is 5.51. The van der Waals surface area contributed by atoms with Crippen molar-refractivity contribution in [3.63, 3.8) is 0 Å². The number of sulfonamides is 1. The van der Waals surface area contributed by atoms with Crippen molar-refractivity contribution in [2.75, 3.05) is 31.1 Å². The van der Waals surface area contributed by atoms with E-state index in [4.69, 9.17) is 0 Å². The molecule has 0 aliphatic carbocycles. The van der Waals surface area contributed by atoms with Crippen molar-refractivity contribution in [2.45, 2.75) is 25.7 Å². The van der Waals surface area contributed by atoms with Gasteiger partial charge in [0.05, 0.1) is 5.39 Å². The van der Waals surface area contributed by atoms with Gasteiger partial charge in [0.15, 0.2) is 0 Å². The first-order valence-corrected chi connectivity index (χ1v) is 11.3. The van der Waals surface area contributed by atoms with Crippen LogP contribution in [-0.4, -0.2) is 48.9 Å². The molecule has 1 aromatic carbocycles. The van der Waals surface area contributed by atoms with E-state index < -0.39 is 15.8 Å². The van der Waals surface area contributed by atoms with Gasteiger partial charge >= 0.3 is 0 Å². The lowest BCUT2D eigenvalue weighted by Gasteiger charge is -2.35. The highest BCUT2D eigenvalue weighted by atomic mass is 32.2. The fourth-order valence-electron chi connectivity index (χ4n) is 3.49. The van der Waals surface area contributed by atoms with Gasteiger partial charge in [-0.2, -0.15) is 4.31 Å². The van der Waals surface area contributed by atoms with Crippen LogP contribution >= 0.6 is 11.3 Å². The maximum absolute atomic E-state index is 14.0. The number of benzene rings is 1. The fourth-order valence-corrected chi connectivity index (χ4v) is 6.05. The molecule has 9 heteroatoms. The summed E-state index contributed by atoms with van der Waals surface area (Å²) in [4.78, 5) is 13.2. The Morgan fingerprint density at radius 2 is 1.71 bits per heavy atom. The third kappa shape index (κ3) is 3.17. The number of aryl methyl sites for hydroxylation is 3. The first-order valence-electron chi connectivity index (χ1n) is 9.03. The van der Waals surface area contributed by atoms with E-state index in [1.807, 2.05) is 6.92 Å². The van der Waals surface area contributed by atoms with Gasteiger partial charge in [-0.1, -0.05) is 12.1 Å². The summed E-state index contributed by atoms with van der Waals surface area (Å²) < 4.78 is 41.0. The predicted octanol–water partition coefficient (Wildman–Crippen LogP) is 3.27. The maximum atomic E-state index is 14.0. The molecular weight excluding hydrogens is 399 g/mol. The highest BCUT2D eigenvalue weighted by Crippen LogP contribution is 2.35. The second-order valence-corrected chi connectivity index (χ2v) is 9.99. The Kier molecular flexibility index (Phi) is 4.84. The van der Waals surface area contributed by atoms with Crippen LogP contribution in [-0.2, 0) is 10.0 Å². The quantitative estimate of drug-likeness (QED) is 0.651. The number of fused-ring (bicyclic) bond motifs is 1. The smallest absolute Gasteiger partial charge is 0.246 e. The predicted molar refractivity (Wildman–Crippen MR) is 109 cm³/mol. The standard InChI is InChI=1S/C19H21FN4O2S2/c1-12-13(2)27-19-17(12)18(21-14(3)22-19)23-8-10-24(11-9-23)28(25,26)16-7-5-4-6-15(16)20/h4-7H,8-11H2,1-3H3. The monoisotopic (exact) mass is 420 g/mol. The topological polar surface area (TPSA) is 66.4 Å². The zero-order valence-electron chi connectivity index (χ0n) is 15.9. The fraction of sp³-hybridized carbons (Fsp3) is 0.368. The van der Waals surface area contributed by atoms with Gasteiger partial charge in [-0.3, -0.25) is 0 Å². The molecular formula is C19H21FN4O2S2. The normalized spacial score (nSPS) is 16.1. The number of hydrogen-bond donors (Lipinski definition) is 0. The minimum absolute atomic E-state index is 0.270. The molecule has 3 aromatic rings. The molecule has 0 unspecified atom stereocenters. The molecule has 0 saturated carbocycles. The summed E-state index contributed by atoms with van der Waals surface area (Å²) in [7, 11) is -3.85. The summed E-state index contributed by atoms with van der Waals surface area (Å²) in [5, 5.41) is 1.04. The van der Waals surface area contributed by atoms with Crippen LogP contribution in [0.5, 0.6) is 0 Å². The van der Waals surface area contributed by atoms with E-state index in [1.165, 1.54) is 33.4 Å². The Morgan fingerprint density at radius 1 is 1.04 bits per heavy atom. The molecule has 2 aromatic heterocycles.